The number of aryl methyl sites for hydroxylation is 1. The second-order valence-electron chi connectivity index (χ2n) is 6.55. The molecule has 1 fully saturated rings. The fraction of sp³-hybridized carbons (Fsp3) is 0.444. The fourth-order valence-electron chi connectivity index (χ4n) is 3.51. The van der Waals surface area contributed by atoms with Crippen molar-refractivity contribution >= 4 is 22.7 Å². The molecule has 1 saturated carbocycles. The van der Waals surface area contributed by atoms with Crippen LogP contribution >= 0.6 is 11.8 Å². The van der Waals surface area contributed by atoms with E-state index in [4.69, 9.17) is 4.42 Å². The van der Waals surface area contributed by atoms with E-state index < -0.39 is 5.63 Å². The first-order valence-electron chi connectivity index (χ1n) is 8.85. The van der Waals surface area contributed by atoms with Gasteiger partial charge in [0.1, 0.15) is 11.3 Å². The molecule has 1 aromatic carbocycles. The molecule has 0 aliphatic heterocycles. The predicted octanol–water partition coefficient (Wildman–Crippen LogP) is 3.45. The number of benzene rings is 1. The average Bonchev–Trinajstić information content (AvgIpc) is 3.30. The Morgan fingerprint density at radius 3 is 2.85 bits per heavy atom. The third-order valence-electron chi connectivity index (χ3n) is 4.90. The zero-order chi connectivity index (χ0) is 18.1. The van der Waals surface area contributed by atoms with Gasteiger partial charge in [0.05, 0.1) is 6.04 Å². The summed E-state index contributed by atoms with van der Waals surface area (Å²) in [5.41, 5.74) is 1.66. The molecule has 8 heteroatoms. The number of hydrogen-bond acceptors (Lipinski definition) is 7. The molecular formula is C18H20N4O3S. The van der Waals surface area contributed by atoms with E-state index in [0.717, 1.165) is 34.5 Å². The number of tetrazole rings is 1. The number of thioether (sulfide) groups is 1. The molecule has 0 radical (unpaired) electrons. The lowest BCUT2D eigenvalue weighted by Crippen LogP contribution is -2.08. The number of phenolic OH excluding ortho intramolecular Hbond substituents is 1. The molecule has 136 valence electrons. The summed E-state index contributed by atoms with van der Waals surface area (Å²) < 4.78 is 7.17. The maximum atomic E-state index is 11.9. The standard InChI is InChI=1S/C18H20N4O3S/c1-2-11-7-14-12(8-17(24)25-16(14)9-15(11)23)10-26-18-19-20-21-22(18)13-5-3-4-6-13/h7-9,13,23H,2-6,10H2,1H3. The highest BCUT2D eigenvalue weighted by Crippen LogP contribution is 2.33. The number of nitrogens with zero attached hydrogens (tertiary/aromatic N) is 4. The summed E-state index contributed by atoms with van der Waals surface area (Å²) in [6.45, 7) is 1.98. The molecule has 0 spiro atoms. The molecule has 2 aromatic heterocycles. The first-order valence-corrected chi connectivity index (χ1v) is 9.83. The van der Waals surface area contributed by atoms with Crippen LogP contribution < -0.4 is 5.63 Å². The van der Waals surface area contributed by atoms with Crippen molar-refractivity contribution in [1.29, 1.82) is 0 Å². The number of aromatic hydroxyl groups is 1. The first-order chi connectivity index (χ1) is 12.7. The second-order valence-corrected chi connectivity index (χ2v) is 7.50. The zero-order valence-electron chi connectivity index (χ0n) is 14.5. The van der Waals surface area contributed by atoms with Crippen LogP contribution in [0.3, 0.4) is 0 Å². The van der Waals surface area contributed by atoms with Crippen molar-refractivity contribution in [3.05, 3.63) is 39.7 Å². The van der Waals surface area contributed by atoms with E-state index in [-0.39, 0.29) is 5.75 Å². The number of phenols is 1. The molecule has 26 heavy (non-hydrogen) atoms. The van der Waals surface area contributed by atoms with Gasteiger partial charge in [-0.2, -0.15) is 0 Å². The number of rotatable bonds is 5. The van der Waals surface area contributed by atoms with Crippen LogP contribution in [0.5, 0.6) is 5.75 Å². The van der Waals surface area contributed by atoms with Crippen LogP contribution in [0.15, 0.2) is 32.6 Å². The summed E-state index contributed by atoms with van der Waals surface area (Å²) in [4.78, 5) is 11.9. The largest absolute Gasteiger partial charge is 0.508 e. The Morgan fingerprint density at radius 1 is 1.27 bits per heavy atom. The molecule has 0 bridgehead atoms. The lowest BCUT2D eigenvalue weighted by Gasteiger charge is -2.11. The lowest BCUT2D eigenvalue weighted by atomic mass is 10.1. The van der Waals surface area contributed by atoms with Gasteiger partial charge in [-0.15, -0.1) is 5.10 Å². The highest BCUT2D eigenvalue weighted by Gasteiger charge is 2.22. The lowest BCUT2D eigenvalue weighted by molar-refractivity contribution is 0.423. The highest BCUT2D eigenvalue weighted by atomic mass is 32.2. The van der Waals surface area contributed by atoms with E-state index in [9.17, 15) is 9.90 Å². The molecule has 0 atom stereocenters. The minimum absolute atomic E-state index is 0.151. The summed E-state index contributed by atoms with van der Waals surface area (Å²) in [5.74, 6) is 0.710. The molecule has 0 unspecified atom stereocenters. The zero-order valence-corrected chi connectivity index (χ0v) is 15.3. The van der Waals surface area contributed by atoms with Crippen LogP contribution in [0.1, 0.15) is 49.8 Å². The number of fused-ring (bicyclic) bond motifs is 1. The smallest absolute Gasteiger partial charge is 0.336 e. The van der Waals surface area contributed by atoms with Crippen LogP contribution in [0, 0.1) is 0 Å². The molecule has 1 aliphatic rings. The van der Waals surface area contributed by atoms with Crippen molar-refractivity contribution in [3.8, 4) is 5.75 Å². The molecule has 2 heterocycles. The summed E-state index contributed by atoms with van der Waals surface area (Å²) in [6.07, 6.45) is 5.34. The van der Waals surface area contributed by atoms with Gasteiger partial charge in [0.2, 0.25) is 5.16 Å². The summed E-state index contributed by atoms with van der Waals surface area (Å²) in [7, 11) is 0. The molecule has 3 aromatic rings. The van der Waals surface area contributed by atoms with Crippen LogP contribution in [0.4, 0.5) is 0 Å². The van der Waals surface area contributed by atoms with Gasteiger partial charge in [-0.25, -0.2) is 9.48 Å². The minimum Gasteiger partial charge on any atom is -0.508 e. The SMILES string of the molecule is CCc1cc2c(CSc3nnnn3C3CCCC3)cc(=O)oc2cc1O. The topological polar surface area (TPSA) is 94.0 Å². The van der Waals surface area contributed by atoms with Gasteiger partial charge < -0.3 is 9.52 Å². The molecular weight excluding hydrogens is 352 g/mol. The second kappa shape index (κ2) is 7.11. The Bertz CT molecular complexity index is 992. The van der Waals surface area contributed by atoms with Crippen molar-refractivity contribution in [3.63, 3.8) is 0 Å². The maximum Gasteiger partial charge on any atom is 0.336 e. The quantitative estimate of drug-likeness (QED) is 0.541. The third-order valence-corrected chi connectivity index (χ3v) is 5.88. The Labute approximate surface area is 154 Å². The minimum atomic E-state index is -0.424. The normalized spacial score (nSPS) is 15.1. The van der Waals surface area contributed by atoms with Gasteiger partial charge in [0.25, 0.3) is 0 Å². The average molecular weight is 372 g/mol. The third kappa shape index (κ3) is 3.21. The van der Waals surface area contributed by atoms with E-state index in [1.165, 1.54) is 36.7 Å². The Balaban J connectivity index is 1.65. The van der Waals surface area contributed by atoms with Gasteiger partial charge in [0.15, 0.2) is 0 Å². The van der Waals surface area contributed by atoms with Crippen molar-refractivity contribution < 1.29 is 9.52 Å². The van der Waals surface area contributed by atoms with E-state index >= 15 is 0 Å². The van der Waals surface area contributed by atoms with E-state index in [1.54, 1.807) is 0 Å². The van der Waals surface area contributed by atoms with Crippen molar-refractivity contribution in [2.75, 3.05) is 0 Å². The van der Waals surface area contributed by atoms with Crippen molar-refractivity contribution in [2.24, 2.45) is 0 Å². The van der Waals surface area contributed by atoms with Crippen LogP contribution in [0.2, 0.25) is 0 Å². The van der Waals surface area contributed by atoms with Gasteiger partial charge in [-0.05, 0) is 46.9 Å². The number of hydrogen-bond donors (Lipinski definition) is 1. The first kappa shape index (κ1) is 17.1. The summed E-state index contributed by atoms with van der Waals surface area (Å²) in [6, 6.07) is 5.29. The van der Waals surface area contributed by atoms with Crippen LogP contribution in [-0.2, 0) is 12.2 Å². The van der Waals surface area contributed by atoms with E-state index in [0.29, 0.717) is 23.8 Å². The fourth-order valence-corrected chi connectivity index (χ4v) is 4.45. The summed E-state index contributed by atoms with van der Waals surface area (Å²) in [5, 5.41) is 23.8. The van der Waals surface area contributed by atoms with Crippen LogP contribution in [-0.4, -0.2) is 25.3 Å². The van der Waals surface area contributed by atoms with Gasteiger partial charge in [-0.1, -0.05) is 31.5 Å². The molecule has 4 rings (SSSR count). The predicted molar refractivity (Wildman–Crippen MR) is 98.4 cm³/mol. The molecule has 1 N–H and O–H groups in total. The maximum absolute atomic E-state index is 11.9. The summed E-state index contributed by atoms with van der Waals surface area (Å²) >= 11 is 1.52. The molecule has 0 amide bonds. The molecule has 7 nitrogen and oxygen atoms in total. The van der Waals surface area contributed by atoms with Gasteiger partial charge >= 0.3 is 5.63 Å². The van der Waals surface area contributed by atoms with Gasteiger partial charge in [-0.3, -0.25) is 0 Å². The van der Waals surface area contributed by atoms with Crippen molar-refractivity contribution in [2.45, 2.75) is 56.0 Å². The Kier molecular flexibility index (Phi) is 4.67. The van der Waals surface area contributed by atoms with Crippen LogP contribution in [0.25, 0.3) is 11.0 Å². The van der Waals surface area contributed by atoms with Crippen molar-refractivity contribution in [1.82, 2.24) is 20.2 Å². The molecule has 1 aliphatic carbocycles. The Hall–Kier alpha value is -2.35. The molecule has 0 saturated heterocycles. The number of aromatic nitrogens is 4. The van der Waals surface area contributed by atoms with Gasteiger partial charge in [0, 0.05) is 23.3 Å². The van der Waals surface area contributed by atoms with E-state index in [1.807, 2.05) is 17.7 Å². The van der Waals surface area contributed by atoms with E-state index in [2.05, 4.69) is 15.5 Å². The monoisotopic (exact) mass is 372 g/mol. The Morgan fingerprint density at radius 2 is 2.08 bits per heavy atom. The highest BCUT2D eigenvalue weighted by molar-refractivity contribution is 7.98.